The molecular weight excluding hydrogens is 204 g/mol. The highest BCUT2D eigenvalue weighted by Gasteiger charge is 2.34. The van der Waals surface area contributed by atoms with Crippen molar-refractivity contribution < 1.29 is 9.90 Å². The SMILES string of the molecule is CC(O)CCC(=O)NC1CCN(C2CC2)C1. The van der Waals surface area contributed by atoms with Crippen LogP contribution in [0.25, 0.3) is 0 Å². The molecule has 2 N–H and O–H groups in total. The molecule has 1 amide bonds. The molecule has 92 valence electrons. The van der Waals surface area contributed by atoms with Crippen molar-refractivity contribution >= 4 is 5.91 Å². The molecule has 4 nitrogen and oxygen atoms in total. The molecule has 1 aliphatic heterocycles. The van der Waals surface area contributed by atoms with E-state index in [1.165, 1.54) is 12.8 Å². The first-order chi connectivity index (χ1) is 7.65. The first kappa shape index (κ1) is 11.9. The molecule has 1 saturated heterocycles. The van der Waals surface area contributed by atoms with Crippen molar-refractivity contribution in [1.29, 1.82) is 0 Å². The number of carbonyl (C=O) groups is 1. The number of hydrogen-bond donors (Lipinski definition) is 2. The molecule has 16 heavy (non-hydrogen) atoms. The van der Waals surface area contributed by atoms with E-state index in [1.807, 2.05) is 0 Å². The zero-order valence-corrected chi connectivity index (χ0v) is 9.98. The molecule has 2 unspecified atom stereocenters. The maximum absolute atomic E-state index is 11.6. The summed E-state index contributed by atoms with van der Waals surface area (Å²) in [6, 6.07) is 1.14. The van der Waals surface area contributed by atoms with E-state index in [2.05, 4.69) is 10.2 Å². The quantitative estimate of drug-likeness (QED) is 0.718. The summed E-state index contributed by atoms with van der Waals surface area (Å²) in [5.74, 6) is 0.0866. The van der Waals surface area contributed by atoms with E-state index in [9.17, 15) is 4.79 Å². The van der Waals surface area contributed by atoms with Crippen molar-refractivity contribution in [2.45, 2.75) is 57.2 Å². The Labute approximate surface area is 97.0 Å². The average Bonchev–Trinajstić information content (AvgIpc) is 2.98. The maximum Gasteiger partial charge on any atom is 0.220 e. The van der Waals surface area contributed by atoms with Crippen LogP contribution in [0.2, 0.25) is 0 Å². The van der Waals surface area contributed by atoms with E-state index in [0.717, 1.165) is 25.6 Å². The molecule has 1 heterocycles. The molecule has 0 spiro atoms. The van der Waals surface area contributed by atoms with Crippen LogP contribution < -0.4 is 5.32 Å². The Morgan fingerprint density at radius 2 is 2.25 bits per heavy atom. The molecule has 1 saturated carbocycles. The van der Waals surface area contributed by atoms with E-state index in [1.54, 1.807) is 6.92 Å². The third-order valence-corrected chi connectivity index (χ3v) is 3.44. The van der Waals surface area contributed by atoms with Gasteiger partial charge in [-0.25, -0.2) is 0 Å². The second kappa shape index (κ2) is 5.15. The number of carbonyl (C=O) groups excluding carboxylic acids is 1. The third-order valence-electron chi connectivity index (χ3n) is 3.44. The average molecular weight is 226 g/mol. The fraction of sp³-hybridized carbons (Fsp3) is 0.917. The Balaban J connectivity index is 1.64. The van der Waals surface area contributed by atoms with Crippen molar-refractivity contribution in [3.05, 3.63) is 0 Å². The van der Waals surface area contributed by atoms with Gasteiger partial charge in [0.15, 0.2) is 0 Å². The number of nitrogens with zero attached hydrogens (tertiary/aromatic N) is 1. The maximum atomic E-state index is 11.6. The minimum Gasteiger partial charge on any atom is -0.393 e. The highest BCUT2D eigenvalue weighted by Crippen LogP contribution is 2.29. The molecule has 0 aromatic carbocycles. The summed E-state index contributed by atoms with van der Waals surface area (Å²) in [6.07, 6.45) is 4.38. The Bertz CT molecular complexity index is 251. The van der Waals surface area contributed by atoms with Gasteiger partial charge in [0, 0.05) is 31.6 Å². The van der Waals surface area contributed by atoms with Crippen molar-refractivity contribution in [1.82, 2.24) is 10.2 Å². The van der Waals surface area contributed by atoms with Crippen LogP contribution in [0.3, 0.4) is 0 Å². The van der Waals surface area contributed by atoms with Gasteiger partial charge in [-0.05, 0) is 32.6 Å². The van der Waals surface area contributed by atoms with Gasteiger partial charge in [-0.3, -0.25) is 9.69 Å². The van der Waals surface area contributed by atoms with Gasteiger partial charge >= 0.3 is 0 Å². The van der Waals surface area contributed by atoms with Crippen LogP contribution in [0.5, 0.6) is 0 Å². The van der Waals surface area contributed by atoms with Crippen LogP contribution in [0.1, 0.15) is 39.0 Å². The normalized spacial score (nSPS) is 28.0. The molecule has 1 aliphatic carbocycles. The standard InChI is InChI=1S/C12H22N2O2/c1-9(15)2-5-12(16)13-10-6-7-14(8-10)11-3-4-11/h9-11,15H,2-8H2,1H3,(H,13,16). The predicted molar refractivity (Wildman–Crippen MR) is 62.1 cm³/mol. The van der Waals surface area contributed by atoms with Gasteiger partial charge in [0.25, 0.3) is 0 Å². The van der Waals surface area contributed by atoms with Crippen molar-refractivity contribution in [3.63, 3.8) is 0 Å². The summed E-state index contributed by atoms with van der Waals surface area (Å²) in [6.45, 7) is 3.87. The lowest BCUT2D eigenvalue weighted by atomic mass is 10.2. The summed E-state index contributed by atoms with van der Waals surface area (Å²) in [5, 5.41) is 12.2. The highest BCUT2D eigenvalue weighted by molar-refractivity contribution is 5.76. The Morgan fingerprint density at radius 3 is 2.88 bits per heavy atom. The molecule has 4 heteroatoms. The van der Waals surface area contributed by atoms with Crippen molar-refractivity contribution in [3.8, 4) is 0 Å². The van der Waals surface area contributed by atoms with Gasteiger partial charge in [-0.2, -0.15) is 0 Å². The van der Waals surface area contributed by atoms with Crippen molar-refractivity contribution in [2.24, 2.45) is 0 Å². The van der Waals surface area contributed by atoms with Gasteiger partial charge in [-0.15, -0.1) is 0 Å². The molecule has 2 aliphatic rings. The lowest BCUT2D eigenvalue weighted by Gasteiger charge is -2.15. The largest absolute Gasteiger partial charge is 0.393 e. The second-order valence-electron chi connectivity index (χ2n) is 5.17. The summed E-state index contributed by atoms with van der Waals surface area (Å²) in [7, 11) is 0. The van der Waals surface area contributed by atoms with Gasteiger partial charge in [0.2, 0.25) is 5.91 Å². The summed E-state index contributed by atoms with van der Waals surface area (Å²) in [5.41, 5.74) is 0. The van der Waals surface area contributed by atoms with Crippen LogP contribution in [0, 0.1) is 0 Å². The number of rotatable bonds is 5. The number of nitrogens with one attached hydrogen (secondary N) is 1. The van der Waals surface area contributed by atoms with Crippen LogP contribution >= 0.6 is 0 Å². The van der Waals surface area contributed by atoms with Gasteiger partial charge in [0.05, 0.1) is 6.10 Å². The minimum absolute atomic E-state index is 0.0866. The Hall–Kier alpha value is -0.610. The number of aliphatic hydroxyl groups excluding tert-OH is 1. The number of likely N-dealkylation sites (tertiary alicyclic amines) is 1. The second-order valence-corrected chi connectivity index (χ2v) is 5.17. The molecule has 0 aromatic heterocycles. The van der Waals surface area contributed by atoms with E-state index in [0.29, 0.717) is 18.9 Å². The molecular formula is C12H22N2O2. The minimum atomic E-state index is -0.378. The molecule has 2 fully saturated rings. The number of hydrogen-bond acceptors (Lipinski definition) is 3. The van der Waals surface area contributed by atoms with Gasteiger partial charge < -0.3 is 10.4 Å². The van der Waals surface area contributed by atoms with E-state index in [-0.39, 0.29) is 12.0 Å². The molecule has 2 atom stereocenters. The predicted octanol–water partition coefficient (Wildman–Crippen LogP) is 0.500. The third kappa shape index (κ3) is 3.46. The number of aliphatic hydroxyl groups is 1. The fourth-order valence-electron chi connectivity index (χ4n) is 2.32. The smallest absolute Gasteiger partial charge is 0.220 e. The Morgan fingerprint density at radius 1 is 1.50 bits per heavy atom. The fourth-order valence-corrected chi connectivity index (χ4v) is 2.32. The Kier molecular flexibility index (Phi) is 3.82. The van der Waals surface area contributed by atoms with E-state index in [4.69, 9.17) is 5.11 Å². The van der Waals surface area contributed by atoms with Gasteiger partial charge in [0.1, 0.15) is 0 Å². The van der Waals surface area contributed by atoms with Gasteiger partial charge in [-0.1, -0.05) is 0 Å². The molecule has 2 rings (SSSR count). The summed E-state index contributed by atoms with van der Waals surface area (Å²) in [4.78, 5) is 14.0. The van der Waals surface area contributed by atoms with Crippen LogP contribution in [-0.2, 0) is 4.79 Å². The molecule has 0 radical (unpaired) electrons. The summed E-state index contributed by atoms with van der Waals surface area (Å²) < 4.78 is 0. The summed E-state index contributed by atoms with van der Waals surface area (Å²) >= 11 is 0. The topological polar surface area (TPSA) is 52.6 Å². The van der Waals surface area contributed by atoms with E-state index < -0.39 is 0 Å². The lowest BCUT2D eigenvalue weighted by molar-refractivity contribution is -0.122. The first-order valence-corrected chi connectivity index (χ1v) is 6.36. The highest BCUT2D eigenvalue weighted by atomic mass is 16.3. The molecule has 0 aromatic rings. The first-order valence-electron chi connectivity index (χ1n) is 6.36. The zero-order valence-electron chi connectivity index (χ0n) is 9.98. The van der Waals surface area contributed by atoms with Crippen LogP contribution in [0.4, 0.5) is 0 Å². The van der Waals surface area contributed by atoms with Crippen LogP contribution in [-0.4, -0.2) is 47.2 Å². The number of amides is 1. The molecule has 0 bridgehead atoms. The lowest BCUT2D eigenvalue weighted by Crippen LogP contribution is -2.37. The van der Waals surface area contributed by atoms with Crippen molar-refractivity contribution in [2.75, 3.05) is 13.1 Å². The van der Waals surface area contributed by atoms with Crippen LogP contribution in [0.15, 0.2) is 0 Å². The van der Waals surface area contributed by atoms with E-state index >= 15 is 0 Å². The zero-order chi connectivity index (χ0) is 11.5. The monoisotopic (exact) mass is 226 g/mol.